The summed E-state index contributed by atoms with van der Waals surface area (Å²) in [6, 6.07) is 17.1. The summed E-state index contributed by atoms with van der Waals surface area (Å²) in [7, 11) is 0. The second kappa shape index (κ2) is 10.1. The molecule has 3 rings (SSSR count). The van der Waals surface area contributed by atoms with Crippen molar-refractivity contribution in [3.05, 3.63) is 60.2 Å². The SMILES string of the molecule is CCCN(CCc1ccc(Oc2ccccc2)cc1)C(=O)C1CC(C(=O)O)C1C(=O)O. The molecule has 1 fully saturated rings. The molecule has 1 aliphatic rings. The molecule has 3 atom stereocenters. The zero-order valence-corrected chi connectivity index (χ0v) is 17.4. The van der Waals surface area contributed by atoms with E-state index in [0.29, 0.717) is 19.5 Å². The number of carboxylic acids is 2. The van der Waals surface area contributed by atoms with Crippen LogP contribution >= 0.6 is 0 Å². The molecule has 0 aliphatic heterocycles. The van der Waals surface area contributed by atoms with Gasteiger partial charge in [-0.1, -0.05) is 37.3 Å². The largest absolute Gasteiger partial charge is 0.481 e. The second-order valence-corrected chi connectivity index (χ2v) is 7.79. The number of aliphatic carboxylic acids is 2. The molecule has 0 bridgehead atoms. The first-order valence-corrected chi connectivity index (χ1v) is 10.5. The Hall–Kier alpha value is -3.35. The summed E-state index contributed by atoms with van der Waals surface area (Å²) in [5, 5.41) is 18.5. The molecule has 2 N–H and O–H groups in total. The highest BCUT2D eigenvalue weighted by Crippen LogP contribution is 2.42. The maximum atomic E-state index is 12.9. The Morgan fingerprint density at radius 3 is 2.13 bits per heavy atom. The number of amides is 1. The number of hydrogen-bond donors (Lipinski definition) is 2. The van der Waals surface area contributed by atoms with E-state index in [4.69, 9.17) is 9.84 Å². The van der Waals surface area contributed by atoms with Crippen LogP contribution in [0, 0.1) is 17.8 Å². The Morgan fingerprint density at radius 1 is 0.903 bits per heavy atom. The van der Waals surface area contributed by atoms with Crippen LogP contribution in [0.25, 0.3) is 0 Å². The standard InChI is InChI=1S/C24H27NO6/c1-2-13-25(22(26)19-15-20(23(27)28)21(19)24(29)30)14-12-16-8-10-18(11-9-16)31-17-6-4-3-5-7-17/h3-11,19-21H,2,12-15H2,1H3,(H,27,28)(H,29,30). The van der Waals surface area contributed by atoms with Gasteiger partial charge in [0, 0.05) is 13.1 Å². The first kappa shape index (κ1) is 22.3. The van der Waals surface area contributed by atoms with Crippen LogP contribution in [-0.2, 0) is 20.8 Å². The van der Waals surface area contributed by atoms with Crippen molar-refractivity contribution in [3.63, 3.8) is 0 Å². The molecular formula is C24H27NO6. The number of carbonyl (C=O) groups is 3. The lowest BCUT2D eigenvalue weighted by Crippen LogP contribution is -2.53. The van der Waals surface area contributed by atoms with Crippen LogP contribution in [0.3, 0.4) is 0 Å². The highest BCUT2D eigenvalue weighted by molar-refractivity contribution is 5.91. The third-order valence-electron chi connectivity index (χ3n) is 5.67. The van der Waals surface area contributed by atoms with Crippen molar-refractivity contribution in [3.8, 4) is 11.5 Å². The fourth-order valence-electron chi connectivity index (χ4n) is 3.95. The average Bonchev–Trinajstić information content (AvgIpc) is 2.71. The van der Waals surface area contributed by atoms with Gasteiger partial charge in [-0.15, -0.1) is 0 Å². The van der Waals surface area contributed by atoms with E-state index in [-0.39, 0.29) is 12.3 Å². The lowest BCUT2D eigenvalue weighted by molar-refractivity contribution is -0.171. The van der Waals surface area contributed by atoms with Gasteiger partial charge in [-0.05, 0) is 49.1 Å². The molecule has 1 aliphatic carbocycles. The molecular weight excluding hydrogens is 398 g/mol. The minimum atomic E-state index is -1.22. The van der Waals surface area contributed by atoms with Gasteiger partial charge >= 0.3 is 11.9 Å². The molecule has 0 heterocycles. The third kappa shape index (κ3) is 5.42. The van der Waals surface area contributed by atoms with Gasteiger partial charge in [0.05, 0.1) is 17.8 Å². The maximum absolute atomic E-state index is 12.9. The number of benzene rings is 2. The summed E-state index contributed by atoms with van der Waals surface area (Å²) in [5.74, 6) is -4.09. The van der Waals surface area contributed by atoms with E-state index in [1.807, 2.05) is 61.5 Å². The van der Waals surface area contributed by atoms with E-state index in [0.717, 1.165) is 23.5 Å². The van der Waals surface area contributed by atoms with Crippen molar-refractivity contribution in [2.75, 3.05) is 13.1 Å². The number of rotatable bonds is 10. The molecule has 0 aromatic heterocycles. The van der Waals surface area contributed by atoms with Crippen molar-refractivity contribution in [1.29, 1.82) is 0 Å². The summed E-state index contributed by atoms with van der Waals surface area (Å²) in [5.41, 5.74) is 1.03. The van der Waals surface area contributed by atoms with E-state index in [1.165, 1.54) is 0 Å². The fraction of sp³-hybridized carbons (Fsp3) is 0.375. The van der Waals surface area contributed by atoms with E-state index in [1.54, 1.807) is 4.90 Å². The van der Waals surface area contributed by atoms with Gasteiger partial charge in [-0.25, -0.2) is 0 Å². The van der Waals surface area contributed by atoms with E-state index in [9.17, 15) is 19.5 Å². The third-order valence-corrected chi connectivity index (χ3v) is 5.67. The normalized spacial score (nSPS) is 19.8. The molecule has 2 aromatic rings. The quantitative estimate of drug-likeness (QED) is 0.602. The van der Waals surface area contributed by atoms with E-state index >= 15 is 0 Å². The number of nitrogens with zero attached hydrogens (tertiary/aromatic N) is 1. The van der Waals surface area contributed by atoms with Crippen LogP contribution in [0.15, 0.2) is 54.6 Å². The fourth-order valence-corrected chi connectivity index (χ4v) is 3.95. The van der Waals surface area contributed by atoms with Crippen molar-refractivity contribution >= 4 is 17.8 Å². The Bertz CT molecular complexity index is 911. The monoisotopic (exact) mass is 425 g/mol. The topological polar surface area (TPSA) is 104 Å². The zero-order valence-electron chi connectivity index (χ0n) is 17.4. The Balaban J connectivity index is 1.59. The van der Waals surface area contributed by atoms with Crippen LogP contribution < -0.4 is 4.74 Å². The number of hydrogen-bond acceptors (Lipinski definition) is 4. The van der Waals surface area contributed by atoms with Gasteiger partial charge in [0.1, 0.15) is 11.5 Å². The van der Waals surface area contributed by atoms with Crippen LogP contribution in [0.1, 0.15) is 25.3 Å². The number of ether oxygens (including phenoxy) is 1. The molecule has 0 saturated heterocycles. The van der Waals surface area contributed by atoms with Gasteiger partial charge in [0.25, 0.3) is 0 Å². The van der Waals surface area contributed by atoms with Crippen molar-refractivity contribution < 1.29 is 29.3 Å². The van der Waals surface area contributed by atoms with E-state index < -0.39 is 29.7 Å². The summed E-state index contributed by atoms with van der Waals surface area (Å²) in [6.45, 7) is 2.91. The van der Waals surface area contributed by atoms with Gasteiger partial charge in [0.15, 0.2) is 0 Å². The van der Waals surface area contributed by atoms with Crippen molar-refractivity contribution in [2.24, 2.45) is 17.8 Å². The first-order valence-electron chi connectivity index (χ1n) is 10.5. The summed E-state index contributed by atoms with van der Waals surface area (Å²) in [4.78, 5) is 37.3. The van der Waals surface area contributed by atoms with Gasteiger partial charge in [-0.3, -0.25) is 14.4 Å². The molecule has 7 heteroatoms. The zero-order chi connectivity index (χ0) is 22.4. The Morgan fingerprint density at radius 2 is 1.55 bits per heavy atom. The number of carbonyl (C=O) groups excluding carboxylic acids is 1. The van der Waals surface area contributed by atoms with Crippen LogP contribution in [-0.4, -0.2) is 46.0 Å². The molecule has 164 valence electrons. The molecule has 3 unspecified atom stereocenters. The van der Waals surface area contributed by atoms with Crippen LogP contribution in [0.2, 0.25) is 0 Å². The smallest absolute Gasteiger partial charge is 0.308 e. The molecule has 7 nitrogen and oxygen atoms in total. The molecule has 2 aromatic carbocycles. The molecule has 0 spiro atoms. The molecule has 31 heavy (non-hydrogen) atoms. The molecule has 0 radical (unpaired) electrons. The lowest BCUT2D eigenvalue weighted by atomic mass is 9.64. The Labute approximate surface area is 181 Å². The molecule has 1 amide bonds. The highest BCUT2D eigenvalue weighted by Gasteiger charge is 2.54. The number of para-hydroxylation sites is 1. The minimum Gasteiger partial charge on any atom is -0.481 e. The number of carboxylic acid groups (broad SMARTS) is 2. The average molecular weight is 425 g/mol. The predicted octanol–water partition coefficient (Wildman–Crippen LogP) is 3.68. The minimum absolute atomic E-state index is 0.0802. The van der Waals surface area contributed by atoms with Crippen LogP contribution in [0.4, 0.5) is 0 Å². The van der Waals surface area contributed by atoms with Crippen molar-refractivity contribution in [1.82, 2.24) is 4.90 Å². The lowest BCUT2D eigenvalue weighted by Gasteiger charge is -2.40. The van der Waals surface area contributed by atoms with E-state index in [2.05, 4.69) is 0 Å². The van der Waals surface area contributed by atoms with Crippen molar-refractivity contribution in [2.45, 2.75) is 26.2 Å². The second-order valence-electron chi connectivity index (χ2n) is 7.79. The molecule has 1 saturated carbocycles. The summed E-state index contributed by atoms with van der Waals surface area (Å²) >= 11 is 0. The Kier molecular flexibility index (Phi) is 7.28. The predicted molar refractivity (Wildman–Crippen MR) is 114 cm³/mol. The highest BCUT2D eigenvalue weighted by atomic mass is 16.5. The van der Waals surface area contributed by atoms with Gasteiger partial charge in [-0.2, -0.15) is 0 Å². The summed E-state index contributed by atoms with van der Waals surface area (Å²) in [6.07, 6.45) is 1.43. The first-order chi connectivity index (χ1) is 14.9. The maximum Gasteiger partial charge on any atom is 0.308 e. The van der Waals surface area contributed by atoms with Gasteiger partial charge < -0.3 is 19.8 Å². The van der Waals surface area contributed by atoms with Crippen LogP contribution in [0.5, 0.6) is 11.5 Å². The summed E-state index contributed by atoms with van der Waals surface area (Å²) < 4.78 is 5.78. The van der Waals surface area contributed by atoms with Gasteiger partial charge in [0.2, 0.25) is 5.91 Å².